The second kappa shape index (κ2) is 7.28. The van der Waals surface area contributed by atoms with Gasteiger partial charge in [-0.15, -0.1) is 0 Å². The van der Waals surface area contributed by atoms with Gasteiger partial charge in [0.15, 0.2) is 0 Å². The van der Waals surface area contributed by atoms with Crippen LogP contribution in [0.3, 0.4) is 0 Å². The number of carbonyl (C=O) groups excluding carboxylic acids is 1. The molecule has 5 nitrogen and oxygen atoms in total. The van der Waals surface area contributed by atoms with Gasteiger partial charge >= 0.3 is 0 Å². The average Bonchev–Trinajstić information content (AvgIpc) is 3.13. The Morgan fingerprint density at radius 3 is 2.69 bits per heavy atom. The number of carbonyl (C=O) groups is 1. The molecular formula is C21H24N4O. The van der Waals surface area contributed by atoms with Crippen molar-refractivity contribution < 1.29 is 4.79 Å². The standard InChI is InChI=1S/C21H24N4O/c1-15-3-2-4-18-20(15)24-21(23-18)17-9-13-25(14-10-17)19(26)6-5-16-7-11-22-12-8-16/h2-4,7-8,11-12,17H,5-6,9-10,13-14H2,1H3,(H,23,24). The van der Waals surface area contributed by atoms with Crippen molar-refractivity contribution in [2.24, 2.45) is 0 Å². The number of benzene rings is 1. The Labute approximate surface area is 153 Å². The molecule has 0 radical (unpaired) electrons. The molecule has 26 heavy (non-hydrogen) atoms. The van der Waals surface area contributed by atoms with Gasteiger partial charge in [0.2, 0.25) is 5.91 Å². The number of nitrogens with zero attached hydrogens (tertiary/aromatic N) is 3. The van der Waals surface area contributed by atoms with E-state index < -0.39 is 0 Å². The maximum absolute atomic E-state index is 12.5. The second-order valence-corrected chi connectivity index (χ2v) is 7.10. The van der Waals surface area contributed by atoms with Gasteiger partial charge in [-0.2, -0.15) is 0 Å². The van der Waals surface area contributed by atoms with Crippen LogP contribution in [0, 0.1) is 6.92 Å². The molecule has 3 aromatic rings. The lowest BCUT2D eigenvalue weighted by Gasteiger charge is -2.31. The molecule has 0 bridgehead atoms. The quantitative estimate of drug-likeness (QED) is 0.783. The minimum absolute atomic E-state index is 0.251. The minimum Gasteiger partial charge on any atom is -0.343 e. The second-order valence-electron chi connectivity index (χ2n) is 7.10. The zero-order valence-electron chi connectivity index (χ0n) is 15.1. The van der Waals surface area contributed by atoms with Crippen LogP contribution in [0.4, 0.5) is 0 Å². The van der Waals surface area contributed by atoms with Crippen molar-refractivity contribution in [3.8, 4) is 0 Å². The summed E-state index contributed by atoms with van der Waals surface area (Å²) < 4.78 is 0. The molecule has 134 valence electrons. The summed E-state index contributed by atoms with van der Waals surface area (Å²) in [6, 6.07) is 10.2. The van der Waals surface area contributed by atoms with Gasteiger partial charge in [-0.1, -0.05) is 12.1 Å². The summed E-state index contributed by atoms with van der Waals surface area (Å²) in [6.07, 6.45) is 6.85. The molecule has 0 aliphatic carbocycles. The van der Waals surface area contributed by atoms with Gasteiger partial charge in [0.05, 0.1) is 11.0 Å². The highest BCUT2D eigenvalue weighted by Crippen LogP contribution is 2.28. The molecule has 1 aliphatic heterocycles. The highest BCUT2D eigenvalue weighted by Gasteiger charge is 2.25. The monoisotopic (exact) mass is 348 g/mol. The lowest BCUT2D eigenvalue weighted by atomic mass is 9.95. The number of aromatic nitrogens is 3. The van der Waals surface area contributed by atoms with E-state index in [1.165, 1.54) is 11.1 Å². The summed E-state index contributed by atoms with van der Waals surface area (Å²) >= 11 is 0. The number of para-hydroxylation sites is 1. The molecule has 4 rings (SSSR count). The van der Waals surface area contributed by atoms with Crippen LogP contribution in [0.25, 0.3) is 11.0 Å². The highest BCUT2D eigenvalue weighted by atomic mass is 16.2. The van der Waals surface area contributed by atoms with Crippen molar-refractivity contribution in [3.05, 3.63) is 59.7 Å². The predicted molar refractivity (Wildman–Crippen MR) is 102 cm³/mol. The molecule has 1 N–H and O–H groups in total. The van der Waals surface area contributed by atoms with Crippen molar-refractivity contribution >= 4 is 16.9 Å². The molecule has 1 fully saturated rings. The van der Waals surface area contributed by atoms with Crippen LogP contribution in [-0.2, 0) is 11.2 Å². The molecular weight excluding hydrogens is 324 g/mol. The minimum atomic E-state index is 0.251. The maximum Gasteiger partial charge on any atom is 0.222 e. The van der Waals surface area contributed by atoms with Gasteiger partial charge in [0.25, 0.3) is 0 Å². The smallest absolute Gasteiger partial charge is 0.222 e. The summed E-state index contributed by atoms with van der Waals surface area (Å²) in [5, 5.41) is 0. The Kier molecular flexibility index (Phi) is 4.69. The Morgan fingerprint density at radius 2 is 1.96 bits per heavy atom. The molecule has 3 heterocycles. The third-order valence-corrected chi connectivity index (χ3v) is 5.34. The van der Waals surface area contributed by atoms with E-state index in [-0.39, 0.29) is 5.91 Å². The normalized spacial score (nSPS) is 15.5. The van der Waals surface area contributed by atoms with Gasteiger partial charge in [-0.25, -0.2) is 4.98 Å². The molecule has 5 heteroatoms. The zero-order chi connectivity index (χ0) is 17.9. The number of aromatic amines is 1. The Morgan fingerprint density at radius 1 is 1.19 bits per heavy atom. The average molecular weight is 348 g/mol. The highest BCUT2D eigenvalue weighted by molar-refractivity contribution is 5.78. The number of H-pyrrole nitrogens is 1. The molecule has 1 amide bonds. The van der Waals surface area contributed by atoms with Crippen molar-refractivity contribution in [1.82, 2.24) is 19.9 Å². The fourth-order valence-corrected chi connectivity index (χ4v) is 3.75. The number of amides is 1. The van der Waals surface area contributed by atoms with Crippen molar-refractivity contribution in [2.45, 2.75) is 38.5 Å². The zero-order valence-corrected chi connectivity index (χ0v) is 15.1. The number of imidazole rings is 1. The third-order valence-electron chi connectivity index (χ3n) is 5.34. The van der Waals surface area contributed by atoms with Gasteiger partial charge in [0.1, 0.15) is 5.82 Å². The van der Waals surface area contributed by atoms with Crippen LogP contribution < -0.4 is 0 Å². The first-order valence-corrected chi connectivity index (χ1v) is 9.32. The fourth-order valence-electron chi connectivity index (χ4n) is 3.75. The Bertz CT molecular complexity index is 895. The molecule has 2 aromatic heterocycles. The van der Waals surface area contributed by atoms with E-state index in [4.69, 9.17) is 4.98 Å². The Hall–Kier alpha value is -2.69. The van der Waals surface area contributed by atoms with Crippen molar-refractivity contribution in [2.75, 3.05) is 13.1 Å². The van der Waals surface area contributed by atoms with E-state index >= 15 is 0 Å². The predicted octanol–water partition coefficient (Wildman–Crippen LogP) is 3.61. The number of likely N-dealkylation sites (tertiary alicyclic amines) is 1. The summed E-state index contributed by atoms with van der Waals surface area (Å²) in [7, 11) is 0. The van der Waals surface area contributed by atoms with Gasteiger partial charge in [0, 0.05) is 37.8 Å². The number of piperidine rings is 1. The molecule has 1 aliphatic rings. The summed E-state index contributed by atoms with van der Waals surface area (Å²) in [5.41, 5.74) is 4.55. The van der Waals surface area contributed by atoms with Crippen LogP contribution in [-0.4, -0.2) is 38.8 Å². The van der Waals surface area contributed by atoms with Gasteiger partial charge in [-0.05, 0) is 55.5 Å². The summed E-state index contributed by atoms with van der Waals surface area (Å²) in [4.78, 5) is 26.8. The van der Waals surface area contributed by atoms with Crippen LogP contribution in [0.1, 0.15) is 42.1 Å². The largest absolute Gasteiger partial charge is 0.343 e. The van der Waals surface area contributed by atoms with Crippen LogP contribution >= 0.6 is 0 Å². The van der Waals surface area contributed by atoms with Crippen LogP contribution in [0.2, 0.25) is 0 Å². The molecule has 0 atom stereocenters. The fraction of sp³-hybridized carbons (Fsp3) is 0.381. The van der Waals surface area contributed by atoms with Gasteiger partial charge in [-0.3, -0.25) is 9.78 Å². The summed E-state index contributed by atoms with van der Waals surface area (Å²) in [5.74, 6) is 1.73. The molecule has 0 unspecified atom stereocenters. The topological polar surface area (TPSA) is 61.9 Å². The van der Waals surface area contributed by atoms with Gasteiger partial charge < -0.3 is 9.88 Å². The first kappa shape index (κ1) is 16.8. The lowest BCUT2D eigenvalue weighted by Crippen LogP contribution is -2.38. The molecule has 0 spiro atoms. The van der Waals surface area contributed by atoms with E-state index in [1.54, 1.807) is 12.4 Å². The number of pyridine rings is 1. The van der Waals surface area contributed by atoms with E-state index in [1.807, 2.05) is 17.0 Å². The van der Waals surface area contributed by atoms with E-state index in [9.17, 15) is 4.79 Å². The number of aryl methyl sites for hydroxylation is 2. The lowest BCUT2D eigenvalue weighted by molar-refractivity contribution is -0.132. The number of rotatable bonds is 4. The number of hydrogen-bond acceptors (Lipinski definition) is 3. The van der Waals surface area contributed by atoms with Crippen molar-refractivity contribution in [1.29, 1.82) is 0 Å². The van der Waals surface area contributed by atoms with Crippen LogP contribution in [0.5, 0.6) is 0 Å². The number of hydrogen-bond donors (Lipinski definition) is 1. The van der Waals surface area contributed by atoms with Crippen LogP contribution in [0.15, 0.2) is 42.7 Å². The maximum atomic E-state index is 12.5. The number of nitrogens with one attached hydrogen (secondary N) is 1. The van der Waals surface area contributed by atoms with E-state index in [0.29, 0.717) is 12.3 Å². The molecule has 1 saturated heterocycles. The first-order chi connectivity index (χ1) is 12.7. The van der Waals surface area contributed by atoms with Crippen molar-refractivity contribution in [3.63, 3.8) is 0 Å². The third kappa shape index (κ3) is 3.47. The van der Waals surface area contributed by atoms with E-state index in [0.717, 1.165) is 49.2 Å². The number of fused-ring (bicyclic) bond motifs is 1. The molecule has 0 saturated carbocycles. The SMILES string of the molecule is Cc1cccc2[nH]c(C3CCN(C(=O)CCc4ccncc4)CC3)nc12. The molecule has 1 aromatic carbocycles. The first-order valence-electron chi connectivity index (χ1n) is 9.32. The summed E-state index contributed by atoms with van der Waals surface area (Å²) in [6.45, 7) is 3.72. The van der Waals surface area contributed by atoms with E-state index in [2.05, 4.69) is 35.1 Å². The Balaban J connectivity index is 1.34.